The molecule has 7 rings (SSSR count). The predicted molar refractivity (Wildman–Crippen MR) is 179 cm³/mol. The van der Waals surface area contributed by atoms with Crippen LogP contribution >= 0.6 is 0 Å². The number of aromatic nitrogens is 7. The van der Waals surface area contributed by atoms with E-state index >= 15 is 0 Å². The van der Waals surface area contributed by atoms with Gasteiger partial charge in [0.25, 0.3) is 5.91 Å². The van der Waals surface area contributed by atoms with Crippen LogP contribution in [-0.4, -0.2) is 90.4 Å². The highest BCUT2D eigenvalue weighted by Gasteiger charge is 2.31. The third-order valence-corrected chi connectivity index (χ3v) is 9.39. The molecule has 0 fully saturated rings. The Morgan fingerprint density at radius 2 is 1.50 bits per heavy atom. The molecule has 0 radical (unpaired) electrons. The van der Waals surface area contributed by atoms with Crippen LogP contribution in [0.2, 0.25) is 0 Å². The zero-order valence-electron chi connectivity index (χ0n) is 26.9. The van der Waals surface area contributed by atoms with Gasteiger partial charge in [0, 0.05) is 38.2 Å². The lowest BCUT2D eigenvalue weighted by Gasteiger charge is -2.28. The van der Waals surface area contributed by atoms with E-state index in [9.17, 15) is 28.2 Å². The largest absolute Gasteiger partial charge is 0.493 e. The van der Waals surface area contributed by atoms with E-state index in [1.807, 2.05) is 0 Å². The van der Waals surface area contributed by atoms with Gasteiger partial charge in [0.2, 0.25) is 23.6 Å². The Labute approximate surface area is 285 Å². The first kappa shape index (κ1) is 32.7. The SMILES string of the molecule is CS(=O)(=O)CCCC(=O)N1CCCc2c(O)nc(-c3ccc(-c4nc(C(=O)N5CCCc6c(O)nc(-c7ccccn7)nc65)co4)cn3)nc21. The van der Waals surface area contributed by atoms with Gasteiger partial charge >= 0.3 is 0 Å². The van der Waals surface area contributed by atoms with Gasteiger partial charge < -0.3 is 14.6 Å². The fourth-order valence-corrected chi connectivity index (χ4v) is 6.60. The number of pyridine rings is 2. The lowest BCUT2D eigenvalue weighted by Crippen LogP contribution is -2.36. The maximum Gasteiger partial charge on any atom is 0.281 e. The summed E-state index contributed by atoms with van der Waals surface area (Å²) in [5, 5.41) is 21.4. The molecular formula is C33H31N9O7S. The quantitative estimate of drug-likeness (QED) is 0.238. The average molecular weight is 698 g/mol. The summed E-state index contributed by atoms with van der Waals surface area (Å²) >= 11 is 0. The van der Waals surface area contributed by atoms with E-state index in [-0.39, 0.29) is 71.1 Å². The summed E-state index contributed by atoms with van der Waals surface area (Å²) in [5.74, 6) is -0.363. The molecule has 0 saturated carbocycles. The predicted octanol–water partition coefficient (Wildman–Crippen LogP) is 3.15. The van der Waals surface area contributed by atoms with E-state index in [1.54, 1.807) is 36.5 Å². The zero-order valence-corrected chi connectivity index (χ0v) is 27.7. The standard InChI is InChI=1S/C33H31N9O7S/c1-50(47,48)16-6-10-25(43)41-14-4-7-20-28(41)37-27(40-30(20)44)23-12-11-19(17-35-23)32-36-24(18-49-32)33(46)42-15-5-8-21-29(42)38-26(39-31(21)45)22-9-2-3-13-34-22/h2-3,9,11-13,17-18H,4-8,10,14-16H2,1H3,(H,37,40,44)(H,38,39,45). The maximum absolute atomic E-state index is 13.7. The van der Waals surface area contributed by atoms with Crippen molar-refractivity contribution in [2.45, 2.75) is 38.5 Å². The second-order valence-corrected chi connectivity index (χ2v) is 14.2. The average Bonchev–Trinajstić information content (AvgIpc) is 3.61. The number of anilines is 2. The Morgan fingerprint density at radius 3 is 2.12 bits per heavy atom. The normalized spacial score (nSPS) is 14.3. The summed E-state index contributed by atoms with van der Waals surface area (Å²) in [6.07, 6.45) is 7.79. The number of amides is 2. The number of hydrogen-bond donors (Lipinski definition) is 2. The van der Waals surface area contributed by atoms with Gasteiger partial charge in [-0.25, -0.2) is 23.4 Å². The fourth-order valence-electron chi connectivity index (χ4n) is 5.94. The molecule has 0 aromatic carbocycles. The van der Waals surface area contributed by atoms with Gasteiger partial charge in [-0.1, -0.05) is 6.07 Å². The molecule has 2 aliphatic heterocycles. The number of sulfone groups is 1. The second kappa shape index (κ2) is 13.2. The van der Waals surface area contributed by atoms with Gasteiger partial charge in [0.05, 0.1) is 22.4 Å². The third-order valence-electron chi connectivity index (χ3n) is 8.36. The lowest BCUT2D eigenvalue weighted by atomic mass is 10.1. The summed E-state index contributed by atoms with van der Waals surface area (Å²) in [6.45, 7) is 0.723. The molecule has 16 nitrogen and oxygen atoms in total. The summed E-state index contributed by atoms with van der Waals surface area (Å²) in [6, 6.07) is 8.49. The number of oxazole rings is 1. The van der Waals surface area contributed by atoms with Crippen molar-refractivity contribution in [2.75, 3.05) is 34.9 Å². The van der Waals surface area contributed by atoms with Gasteiger partial charge in [-0.15, -0.1) is 0 Å². The van der Waals surface area contributed by atoms with Crippen molar-refractivity contribution < 1.29 is 32.6 Å². The summed E-state index contributed by atoms with van der Waals surface area (Å²) in [7, 11) is -3.20. The summed E-state index contributed by atoms with van der Waals surface area (Å²) < 4.78 is 28.7. The smallest absolute Gasteiger partial charge is 0.281 e. The Morgan fingerprint density at radius 1 is 0.840 bits per heavy atom. The maximum atomic E-state index is 13.7. The van der Waals surface area contributed by atoms with Gasteiger partial charge in [-0.2, -0.15) is 9.97 Å². The first-order valence-corrected chi connectivity index (χ1v) is 17.9. The van der Waals surface area contributed by atoms with Crippen molar-refractivity contribution in [3.05, 3.63) is 65.8 Å². The zero-order chi connectivity index (χ0) is 35.0. The minimum atomic E-state index is -3.20. The molecular weight excluding hydrogens is 666 g/mol. The van der Waals surface area contributed by atoms with Gasteiger partial charge in [0.15, 0.2) is 17.3 Å². The van der Waals surface area contributed by atoms with Crippen LogP contribution in [0.1, 0.15) is 47.3 Å². The Kier molecular flexibility index (Phi) is 8.65. The van der Waals surface area contributed by atoms with Crippen LogP contribution in [0.5, 0.6) is 11.8 Å². The minimum absolute atomic E-state index is 0.0207. The number of carbonyl (C=O) groups excluding carboxylic acids is 2. The van der Waals surface area contributed by atoms with Gasteiger partial charge in [0.1, 0.15) is 39.1 Å². The van der Waals surface area contributed by atoms with Crippen LogP contribution in [0.3, 0.4) is 0 Å². The van der Waals surface area contributed by atoms with Crippen LogP contribution in [0.4, 0.5) is 11.6 Å². The second-order valence-electron chi connectivity index (χ2n) is 12.0. The Balaban J connectivity index is 1.10. The topological polar surface area (TPSA) is 219 Å². The van der Waals surface area contributed by atoms with Crippen molar-refractivity contribution in [3.8, 4) is 46.3 Å². The van der Waals surface area contributed by atoms with Gasteiger partial charge in [-0.3, -0.25) is 29.4 Å². The molecule has 0 unspecified atom stereocenters. The number of hydrogen-bond acceptors (Lipinski definition) is 14. The van der Waals surface area contributed by atoms with Crippen LogP contribution in [-0.2, 0) is 27.5 Å². The lowest BCUT2D eigenvalue weighted by molar-refractivity contribution is -0.118. The molecule has 2 N–H and O–H groups in total. The van der Waals surface area contributed by atoms with Crippen molar-refractivity contribution in [1.82, 2.24) is 34.9 Å². The Hall–Kier alpha value is -5.84. The number of fused-ring (bicyclic) bond motifs is 2. The fraction of sp³-hybridized carbons (Fsp3) is 0.303. The van der Waals surface area contributed by atoms with Crippen LogP contribution in [0.15, 0.2) is 53.4 Å². The molecule has 17 heteroatoms. The molecule has 2 amide bonds. The molecule has 0 spiro atoms. The minimum Gasteiger partial charge on any atom is -0.493 e. The Bertz CT molecular complexity index is 2210. The van der Waals surface area contributed by atoms with Crippen molar-refractivity contribution in [1.29, 1.82) is 0 Å². The first-order chi connectivity index (χ1) is 24.1. The molecule has 5 aromatic heterocycles. The number of carbonyl (C=O) groups is 2. The number of aromatic hydroxyl groups is 2. The molecule has 0 bridgehead atoms. The van der Waals surface area contributed by atoms with Crippen LogP contribution in [0.25, 0.3) is 34.5 Å². The summed E-state index contributed by atoms with van der Waals surface area (Å²) in [4.78, 5) is 60.2. The highest BCUT2D eigenvalue weighted by Crippen LogP contribution is 2.35. The molecule has 0 aliphatic carbocycles. The van der Waals surface area contributed by atoms with E-state index in [0.29, 0.717) is 66.9 Å². The van der Waals surface area contributed by atoms with Crippen LogP contribution in [0, 0.1) is 0 Å². The van der Waals surface area contributed by atoms with Crippen molar-refractivity contribution >= 4 is 33.3 Å². The van der Waals surface area contributed by atoms with Crippen molar-refractivity contribution in [2.24, 2.45) is 0 Å². The highest BCUT2D eigenvalue weighted by molar-refractivity contribution is 7.90. The van der Waals surface area contributed by atoms with E-state index in [1.165, 1.54) is 22.3 Å². The van der Waals surface area contributed by atoms with Crippen LogP contribution < -0.4 is 9.80 Å². The van der Waals surface area contributed by atoms with E-state index in [0.717, 1.165) is 6.26 Å². The molecule has 256 valence electrons. The monoisotopic (exact) mass is 697 g/mol. The van der Waals surface area contributed by atoms with Crippen molar-refractivity contribution in [3.63, 3.8) is 0 Å². The van der Waals surface area contributed by atoms with E-state index < -0.39 is 15.7 Å². The van der Waals surface area contributed by atoms with Gasteiger partial charge in [-0.05, 0) is 56.4 Å². The van der Waals surface area contributed by atoms with E-state index in [4.69, 9.17) is 4.42 Å². The highest BCUT2D eigenvalue weighted by atomic mass is 32.2. The molecule has 2 aliphatic rings. The molecule has 7 heterocycles. The number of nitrogens with zero attached hydrogens (tertiary/aromatic N) is 9. The van der Waals surface area contributed by atoms with E-state index in [2.05, 4.69) is 34.9 Å². The molecule has 5 aromatic rings. The molecule has 50 heavy (non-hydrogen) atoms. The molecule has 0 saturated heterocycles. The molecule has 0 atom stereocenters. The summed E-state index contributed by atoms with van der Waals surface area (Å²) in [5.41, 5.74) is 2.14. The first-order valence-electron chi connectivity index (χ1n) is 15.9. The third kappa shape index (κ3) is 6.58. The number of rotatable bonds is 8.